The number of amides is 1. The molecule has 3 N–H and O–H groups in total. The van der Waals surface area contributed by atoms with E-state index in [9.17, 15) is 9.59 Å². The maximum absolute atomic E-state index is 10.9. The van der Waals surface area contributed by atoms with Gasteiger partial charge in [-0.2, -0.15) is 0 Å². The van der Waals surface area contributed by atoms with Crippen molar-refractivity contribution < 1.29 is 4.79 Å². The molecule has 1 rings (SSSR count). The van der Waals surface area contributed by atoms with Gasteiger partial charge >= 0.3 is 0 Å². The van der Waals surface area contributed by atoms with Crippen molar-refractivity contribution >= 4 is 5.91 Å². The summed E-state index contributed by atoms with van der Waals surface area (Å²) in [4.78, 5) is 24.3. The number of hydrogen-bond donors (Lipinski definition) is 2. The summed E-state index contributed by atoms with van der Waals surface area (Å²) < 4.78 is 0. The van der Waals surface area contributed by atoms with Crippen LogP contribution in [0.25, 0.3) is 0 Å². The average molecular weight is 180 g/mol. The molecule has 0 aliphatic rings. The Labute approximate surface area is 75.8 Å². The van der Waals surface area contributed by atoms with Gasteiger partial charge in [0.25, 0.3) is 5.91 Å². The number of aromatic amines is 1. The van der Waals surface area contributed by atoms with Gasteiger partial charge in [-0.3, -0.25) is 9.59 Å². The van der Waals surface area contributed by atoms with Gasteiger partial charge in [0.2, 0.25) is 5.56 Å². The number of primary amides is 1. The Morgan fingerprint density at radius 3 is 2.54 bits per heavy atom. The van der Waals surface area contributed by atoms with Crippen LogP contribution in [0.4, 0.5) is 0 Å². The van der Waals surface area contributed by atoms with Crippen molar-refractivity contribution in [2.45, 2.75) is 19.8 Å². The zero-order chi connectivity index (χ0) is 10.0. The molecule has 1 aromatic rings. The number of hydrogen-bond acceptors (Lipinski definition) is 2. The van der Waals surface area contributed by atoms with Crippen LogP contribution in [0, 0.1) is 0 Å². The molecule has 1 amide bonds. The molecule has 0 aliphatic heterocycles. The molecular weight excluding hydrogens is 168 g/mol. The van der Waals surface area contributed by atoms with Crippen LogP contribution in [0.15, 0.2) is 16.9 Å². The Kier molecular flexibility index (Phi) is 2.51. The third-order valence-corrected chi connectivity index (χ3v) is 1.82. The van der Waals surface area contributed by atoms with Gasteiger partial charge in [-0.1, -0.05) is 19.9 Å². The smallest absolute Gasteiger partial charge is 0.265 e. The monoisotopic (exact) mass is 180 g/mol. The van der Waals surface area contributed by atoms with Crippen molar-refractivity contribution in [3.63, 3.8) is 0 Å². The molecule has 0 atom stereocenters. The van der Waals surface area contributed by atoms with Gasteiger partial charge in [-0.05, 0) is 11.5 Å². The normalized spacial score (nSPS) is 10.4. The van der Waals surface area contributed by atoms with Gasteiger partial charge in [-0.25, -0.2) is 0 Å². The molecule has 4 nitrogen and oxygen atoms in total. The van der Waals surface area contributed by atoms with Crippen molar-refractivity contribution in [3.05, 3.63) is 33.7 Å². The molecule has 0 fully saturated rings. The molecule has 70 valence electrons. The van der Waals surface area contributed by atoms with Crippen LogP contribution in [0.1, 0.15) is 35.8 Å². The Balaban J connectivity index is 3.35. The summed E-state index contributed by atoms with van der Waals surface area (Å²) in [6.07, 6.45) is 0. The summed E-state index contributed by atoms with van der Waals surface area (Å²) in [7, 11) is 0. The van der Waals surface area contributed by atoms with Crippen LogP contribution in [0.2, 0.25) is 0 Å². The molecule has 0 saturated heterocycles. The Morgan fingerprint density at radius 2 is 2.08 bits per heavy atom. The van der Waals surface area contributed by atoms with E-state index >= 15 is 0 Å². The summed E-state index contributed by atoms with van der Waals surface area (Å²) in [5.41, 5.74) is 5.79. The Hall–Kier alpha value is -1.58. The lowest BCUT2D eigenvalue weighted by molar-refractivity contribution is 0.0994. The van der Waals surface area contributed by atoms with Crippen LogP contribution in [-0.4, -0.2) is 10.9 Å². The third kappa shape index (κ3) is 1.96. The van der Waals surface area contributed by atoms with E-state index in [1.165, 1.54) is 6.07 Å². The first kappa shape index (κ1) is 9.51. The largest absolute Gasteiger partial charge is 0.364 e. The van der Waals surface area contributed by atoms with Gasteiger partial charge in [0.15, 0.2) is 0 Å². The zero-order valence-electron chi connectivity index (χ0n) is 7.63. The molecule has 13 heavy (non-hydrogen) atoms. The topological polar surface area (TPSA) is 75.9 Å². The molecule has 1 heterocycles. The number of nitrogens with one attached hydrogen (secondary N) is 1. The van der Waals surface area contributed by atoms with E-state index in [1.807, 2.05) is 13.8 Å². The van der Waals surface area contributed by atoms with Gasteiger partial charge in [0.05, 0.1) is 0 Å². The Morgan fingerprint density at radius 1 is 1.46 bits per heavy atom. The maximum atomic E-state index is 10.9. The highest BCUT2D eigenvalue weighted by Gasteiger charge is 2.11. The molecule has 0 aromatic carbocycles. The lowest BCUT2D eigenvalue weighted by Gasteiger charge is -2.08. The van der Waals surface area contributed by atoms with Crippen LogP contribution in [0.5, 0.6) is 0 Å². The van der Waals surface area contributed by atoms with Crippen molar-refractivity contribution in [1.82, 2.24) is 4.98 Å². The van der Waals surface area contributed by atoms with E-state index in [0.717, 1.165) is 5.56 Å². The first-order valence-electron chi connectivity index (χ1n) is 4.05. The van der Waals surface area contributed by atoms with Crippen LogP contribution in [-0.2, 0) is 0 Å². The highest BCUT2D eigenvalue weighted by molar-refractivity contribution is 5.92. The summed E-state index contributed by atoms with van der Waals surface area (Å²) in [5, 5.41) is 0. The summed E-state index contributed by atoms with van der Waals surface area (Å²) in [6, 6.07) is 3.02. The molecule has 0 bridgehead atoms. The fourth-order valence-corrected chi connectivity index (χ4v) is 1.17. The number of aromatic nitrogens is 1. The minimum atomic E-state index is -0.596. The molecular formula is C9H12N2O2. The van der Waals surface area contributed by atoms with Crippen LogP contribution in [0.3, 0.4) is 0 Å². The summed E-state index contributed by atoms with van der Waals surface area (Å²) in [5.74, 6) is -0.430. The summed E-state index contributed by atoms with van der Waals surface area (Å²) >= 11 is 0. The minimum Gasteiger partial charge on any atom is -0.364 e. The van der Waals surface area contributed by atoms with Gasteiger partial charge in [0.1, 0.15) is 5.69 Å². The fraction of sp³-hybridized carbons (Fsp3) is 0.333. The standard InChI is InChI=1S/C9H12N2O2/c1-5(2)6-3-4-7(12)11-8(6)9(10)13/h3-5H,1-2H3,(H2,10,13)(H,11,12). The average Bonchev–Trinajstić information content (AvgIpc) is 2.03. The quantitative estimate of drug-likeness (QED) is 0.699. The van der Waals surface area contributed by atoms with Crippen molar-refractivity contribution in [1.29, 1.82) is 0 Å². The van der Waals surface area contributed by atoms with E-state index in [1.54, 1.807) is 6.07 Å². The first-order chi connectivity index (χ1) is 6.02. The van der Waals surface area contributed by atoms with Gasteiger partial charge in [-0.15, -0.1) is 0 Å². The highest BCUT2D eigenvalue weighted by Crippen LogP contribution is 2.15. The number of carbonyl (C=O) groups is 1. The van der Waals surface area contributed by atoms with E-state index in [4.69, 9.17) is 5.73 Å². The van der Waals surface area contributed by atoms with Crippen molar-refractivity contribution in [2.75, 3.05) is 0 Å². The van der Waals surface area contributed by atoms with E-state index in [2.05, 4.69) is 4.98 Å². The zero-order valence-corrected chi connectivity index (χ0v) is 7.63. The van der Waals surface area contributed by atoms with Gasteiger partial charge in [0, 0.05) is 6.07 Å². The summed E-state index contributed by atoms with van der Waals surface area (Å²) in [6.45, 7) is 3.86. The third-order valence-electron chi connectivity index (χ3n) is 1.82. The molecule has 0 unspecified atom stereocenters. The molecule has 4 heteroatoms. The molecule has 0 radical (unpaired) electrons. The minimum absolute atomic E-state index is 0.166. The second-order valence-corrected chi connectivity index (χ2v) is 3.17. The molecule has 0 spiro atoms. The fourth-order valence-electron chi connectivity index (χ4n) is 1.17. The predicted octanol–water partition coefficient (Wildman–Crippen LogP) is 0.597. The predicted molar refractivity (Wildman–Crippen MR) is 49.7 cm³/mol. The number of H-pyrrole nitrogens is 1. The van der Waals surface area contributed by atoms with Crippen LogP contribution < -0.4 is 11.3 Å². The number of pyridine rings is 1. The first-order valence-corrected chi connectivity index (χ1v) is 4.05. The number of carbonyl (C=O) groups excluding carboxylic acids is 1. The second-order valence-electron chi connectivity index (χ2n) is 3.17. The van der Waals surface area contributed by atoms with E-state index in [-0.39, 0.29) is 17.2 Å². The lowest BCUT2D eigenvalue weighted by atomic mass is 10.0. The van der Waals surface area contributed by atoms with Crippen LogP contribution >= 0.6 is 0 Å². The molecule has 0 aliphatic carbocycles. The highest BCUT2D eigenvalue weighted by atomic mass is 16.1. The SMILES string of the molecule is CC(C)c1ccc(=O)[nH]c1C(N)=O. The number of nitrogens with two attached hydrogens (primary N) is 1. The lowest BCUT2D eigenvalue weighted by Crippen LogP contribution is -2.21. The van der Waals surface area contributed by atoms with E-state index in [0.29, 0.717) is 0 Å². The van der Waals surface area contributed by atoms with Crippen molar-refractivity contribution in [2.24, 2.45) is 5.73 Å². The number of rotatable bonds is 2. The Bertz CT molecular complexity index is 379. The molecule has 1 aromatic heterocycles. The van der Waals surface area contributed by atoms with E-state index < -0.39 is 5.91 Å². The maximum Gasteiger partial charge on any atom is 0.265 e. The second kappa shape index (κ2) is 3.43. The van der Waals surface area contributed by atoms with Gasteiger partial charge < -0.3 is 10.7 Å². The molecule has 0 saturated carbocycles. The van der Waals surface area contributed by atoms with Crippen molar-refractivity contribution in [3.8, 4) is 0 Å².